The first-order valence-electron chi connectivity index (χ1n) is 5.31. The Morgan fingerprint density at radius 1 is 1.29 bits per heavy atom. The molecule has 1 aromatic carbocycles. The second kappa shape index (κ2) is 3.62. The highest BCUT2D eigenvalue weighted by molar-refractivity contribution is 8.00. The molecule has 1 aliphatic carbocycles. The van der Waals surface area contributed by atoms with E-state index in [0.29, 0.717) is 5.41 Å². The van der Waals surface area contributed by atoms with Crippen LogP contribution in [0.15, 0.2) is 35.2 Å². The first-order valence-corrected chi connectivity index (χ1v) is 6.19. The van der Waals surface area contributed by atoms with Crippen molar-refractivity contribution in [1.29, 1.82) is 0 Å². The molecule has 1 fully saturated rings. The first kappa shape index (κ1) is 10.1. The number of thioether (sulfide) groups is 1. The molecule has 2 atom stereocenters. The van der Waals surface area contributed by atoms with E-state index in [-0.39, 0.29) is 0 Å². The largest absolute Gasteiger partial charge is 0.123 e. The Morgan fingerprint density at radius 2 is 1.86 bits per heavy atom. The summed E-state index contributed by atoms with van der Waals surface area (Å²) in [5, 5.41) is 0.757. The first-order chi connectivity index (χ1) is 6.59. The van der Waals surface area contributed by atoms with Gasteiger partial charge in [-0.25, -0.2) is 0 Å². The molecule has 0 amide bonds. The molecule has 76 valence electrons. The molecule has 0 nitrogen and oxygen atoms in total. The van der Waals surface area contributed by atoms with E-state index in [0.717, 1.165) is 11.2 Å². The lowest BCUT2D eigenvalue weighted by Gasteiger charge is -2.12. The lowest BCUT2D eigenvalue weighted by Crippen LogP contribution is -2.04. The van der Waals surface area contributed by atoms with Gasteiger partial charge in [-0.05, 0) is 29.9 Å². The van der Waals surface area contributed by atoms with Gasteiger partial charge < -0.3 is 0 Å². The molecule has 0 N–H and O–H groups in total. The smallest absolute Gasteiger partial charge is 0.00996 e. The van der Waals surface area contributed by atoms with E-state index in [1.54, 1.807) is 0 Å². The standard InChI is InChI=1S/C13H18S/c1-10(12-9-13(12,2)3)14-11-7-5-4-6-8-11/h4-8,10,12H,9H2,1-3H3. The average Bonchev–Trinajstić information content (AvgIpc) is 2.77. The Balaban J connectivity index is 1.93. The molecule has 0 spiro atoms. The van der Waals surface area contributed by atoms with Crippen LogP contribution in [0.2, 0.25) is 0 Å². The maximum absolute atomic E-state index is 2.37. The zero-order valence-corrected chi connectivity index (χ0v) is 9.97. The van der Waals surface area contributed by atoms with Crippen LogP contribution >= 0.6 is 11.8 Å². The average molecular weight is 206 g/mol. The van der Waals surface area contributed by atoms with E-state index in [1.807, 2.05) is 11.8 Å². The quantitative estimate of drug-likeness (QED) is 0.667. The summed E-state index contributed by atoms with van der Waals surface area (Å²) in [6.45, 7) is 7.11. The zero-order chi connectivity index (χ0) is 10.2. The minimum atomic E-state index is 0.598. The molecule has 2 unspecified atom stereocenters. The highest BCUT2D eigenvalue weighted by Gasteiger charge is 2.48. The van der Waals surface area contributed by atoms with Crippen molar-refractivity contribution >= 4 is 11.8 Å². The van der Waals surface area contributed by atoms with Gasteiger partial charge in [-0.2, -0.15) is 0 Å². The molecule has 1 saturated carbocycles. The lowest BCUT2D eigenvalue weighted by atomic mass is 10.1. The van der Waals surface area contributed by atoms with Gasteiger partial charge in [-0.15, -0.1) is 11.8 Å². The van der Waals surface area contributed by atoms with Crippen molar-refractivity contribution in [1.82, 2.24) is 0 Å². The summed E-state index contributed by atoms with van der Waals surface area (Å²) >= 11 is 2.02. The van der Waals surface area contributed by atoms with Crippen molar-refractivity contribution in [3.8, 4) is 0 Å². The number of hydrogen-bond acceptors (Lipinski definition) is 1. The molecule has 0 radical (unpaired) electrons. The van der Waals surface area contributed by atoms with E-state index in [2.05, 4.69) is 51.1 Å². The van der Waals surface area contributed by atoms with Gasteiger partial charge in [0.25, 0.3) is 0 Å². The lowest BCUT2D eigenvalue weighted by molar-refractivity contribution is 0.556. The van der Waals surface area contributed by atoms with Crippen molar-refractivity contribution in [2.24, 2.45) is 11.3 Å². The number of hydrogen-bond donors (Lipinski definition) is 0. The minimum absolute atomic E-state index is 0.598. The molecule has 0 aromatic heterocycles. The summed E-state index contributed by atoms with van der Waals surface area (Å²) in [6.07, 6.45) is 1.40. The van der Waals surface area contributed by atoms with Crippen LogP contribution in [0.5, 0.6) is 0 Å². The Bertz CT molecular complexity index is 302. The molecule has 1 aromatic rings. The maximum atomic E-state index is 2.37. The Labute approximate surface area is 91.1 Å². The molecule has 1 heteroatoms. The van der Waals surface area contributed by atoms with Crippen molar-refractivity contribution < 1.29 is 0 Å². The molecule has 0 aliphatic heterocycles. The van der Waals surface area contributed by atoms with Crippen LogP contribution in [-0.4, -0.2) is 5.25 Å². The van der Waals surface area contributed by atoms with Crippen LogP contribution in [0, 0.1) is 11.3 Å². The van der Waals surface area contributed by atoms with E-state index >= 15 is 0 Å². The van der Waals surface area contributed by atoms with E-state index < -0.39 is 0 Å². The third-order valence-electron chi connectivity index (χ3n) is 3.22. The summed E-state index contributed by atoms with van der Waals surface area (Å²) in [5.41, 5.74) is 0.598. The van der Waals surface area contributed by atoms with Crippen LogP contribution in [0.4, 0.5) is 0 Å². The highest BCUT2D eigenvalue weighted by Crippen LogP contribution is 2.56. The van der Waals surface area contributed by atoms with Crippen LogP contribution in [0.1, 0.15) is 27.2 Å². The van der Waals surface area contributed by atoms with Crippen molar-refractivity contribution in [2.75, 3.05) is 0 Å². The van der Waals surface area contributed by atoms with Gasteiger partial charge in [0, 0.05) is 10.1 Å². The fourth-order valence-electron chi connectivity index (χ4n) is 2.11. The van der Waals surface area contributed by atoms with Crippen molar-refractivity contribution in [3.05, 3.63) is 30.3 Å². The second-order valence-electron chi connectivity index (χ2n) is 4.94. The second-order valence-corrected chi connectivity index (χ2v) is 6.39. The van der Waals surface area contributed by atoms with Crippen LogP contribution in [-0.2, 0) is 0 Å². The maximum Gasteiger partial charge on any atom is 0.00996 e. The summed E-state index contributed by atoms with van der Waals surface area (Å²) in [5.74, 6) is 0.910. The molecular formula is C13H18S. The SMILES string of the molecule is CC(Sc1ccccc1)C1CC1(C)C. The minimum Gasteiger partial charge on any atom is -0.123 e. The number of benzene rings is 1. The van der Waals surface area contributed by atoms with Gasteiger partial charge >= 0.3 is 0 Å². The van der Waals surface area contributed by atoms with E-state index in [4.69, 9.17) is 0 Å². The van der Waals surface area contributed by atoms with Gasteiger partial charge in [0.15, 0.2) is 0 Å². The molecule has 0 bridgehead atoms. The highest BCUT2D eigenvalue weighted by atomic mass is 32.2. The predicted octanol–water partition coefficient (Wildman–Crippen LogP) is 4.21. The van der Waals surface area contributed by atoms with Gasteiger partial charge in [-0.3, -0.25) is 0 Å². The topological polar surface area (TPSA) is 0 Å². The van der Waals surface area contributed by atoms with Gasteiger partial charge in [0.05, 0.1) is 0 Å². The monoisotopic (exact) mass is 206 g/mol. The van der Waals surface area contributed by atoms with Crippen LogP contribution in [0.3, 0.4) is 0 Å². The molecule has 1 aliphatic rings. The third-order valence-corrected chi connectivity index (χ3v) is 4.47. The predicted molar refractivity (Wildman–Crippen MR) is 63.6 cm³/mol. The molecule has 2 rings (SSSR count). The van der Waals surface area contributed by atoms with Crippen molar-refractivity contribution in [3.63, 3.8) is 0 Å². The summed E-state index contributed by atoms with van der Waals surface area (Å²) < 4.78 is 0. The fourth-order valence-corrected chi connectivity index (χ4v) is 3.48. The molecule has 14 heavy (non-hydrogen) atoms. The van der Waals surface area contributed by atoms with Gasteiger partial charge in [0.2, 0.25) is 0 Å². The molecular weight excluding hydrogens is 188 g/mol. The van der Waals surface area contributed by atoms with Gasteiger partial charge in [-0.1, -0.05) is 39.0 Å². The molecule has 0 heterocycles. The Morgan fingerprint density at radius 3 is 2.36 bits per heavy atom. The van der Waals surface area contributed by atoms with Gasteiger partial charge in [0.1, 0.15) is 0 Å². The van der Waals surface area contributed by atoms with E-state index in [1.165, 1.54) is 11.3 Å². The Hall–Kier alpha value is -0.430. The fraction of sp³-hybridized carbons (Fsp3) is 0.538. The normalized spacial score (nSPS) is 25.8. The summed E-state index contributed by atoms with van der Waals surface area (Å²) in [4.78, 5) is 1.41. The number of rotatable bonds is 3. The molecule has 0 saturated heterocycles. The summed E-state index contributed by atoms with van der Waals surface area (Å²) in [7, 11) is 0. The van der Waals surface area contributed by atoms with Crippen LogP contribution < -0.4 is 0 Å². The summed E-state index contributed by atoms with van der Waals surface area (Å²) in [6, 6.07) is 10.7. The van der Waals surface area contributed by atoms with E-state index in [9.17, 15) is 0 Å². The Kier molecular flexibility index (Phi) is 2.61. The van der Waals surface area contributed by atoms with Crippen molar-refractivity contribution in [2.45, 2.75) is 37.3 Å². The zero-order valence-electron chi connectivity index (χ0n) is 9.16. The third kappa shape index (κ3) is 2.14. The van der Waals surface area contributed by atoms with Crippen LogP contribution in [0.25, 0.3) is 0 Å².